The van der Waals surface area contributed by atoms with E-state index in [4.69, 9.17) is 5.73 Å². The average molecular weight is 223 g/mol. The molecule has 1 saturated carbocycles. The molecule has 1 aliphatic carbocycles. The highest BCUT2D eigenvalue weighted by Gasteiger charge is 2.42. The molecule has 15 heavy (non-hydrogen) atoms. The Kier molecular flexibility index (Phi) is 2.50. The van der Waals surface area contributed by atoms with Crippen LogP contribution >= 0.6 is 11.3 Å². The van der Waals surface area contributed by atoms with Gasteiger partial charge in [0.25, 0.3) is 0 Å². The van der Waals surface area contributed by atoms with E-state index in [9.17, 15) is 0 Å². The second kappa shape index (κ2) is 3.85. The molecule has 0 amide bonds. The number of rotatable bonds is 3. The minimum absolute atomic E-state index is 0.508. The van der Waals surface area contributed by atoms with E-state index >= 15 is 0 Å². The summed E-state index contributed by atoms with van der Waals surface area (Å²) < 4.78 is 0. The lowest BCUT2D eigenvalue weighted by Crippen LogP contribution is -2.30. The van der Waals surface area contributed by atoms with Crippen LogP contribution in [0.1, 0.15) is 31.0 Å². The molecule has 2 N–H and O–H groups in total. The van der Waals surface area contributed by atoms with Crippen LogP contribution < -0.4 is 5.73 Å². The van der Waals surface area contributed by atoms with Crippen LogP contribution in [0.2, 0.25) is 0 Å². The van der Waals surface area contributed by atoms with Gasteiger partial charge < -0.3 is 5.73 Å². The van der Waals surface area contributed by atoms with Gasteiger partial charge in [-0.3, -0.25) is 4.90 Å². The zero-order valence-electron chi connectivity index (χ0n) is 8.80. The number of thiazole rings is 1. The SMILES string of the molecule is NCC1CCN(C2CC2)C1c1cscn1. The van der Waals surface area contributed by atoms with Crippen molar-refractivity contribution < 1.29 is 0 Å². The molecule has 1 aliphatic heterocycles. The lowest BCUT2D eigenvalue weighted by molar-refractivity contribution is 0.217. The van der Waals surface area contributed by atoms with Gasteiger partial charge in [-0.15, -0.1) is 11.3 Å². The number of hydrogen-bond donors (Lipinski definition) is 1. The first kappa shape index (κ1) is 9.75. The Morgan fingerprint density at radius 1 is 1.47 bits per heavy atom. The van der Waals surface area contributed by atoms with Crippen LogP contribution in [0.3, 0.4) is 0 Å². The van der Waals surface area contributed by atoms with E-state index in [1.54, 1.807) is 11.3 Å². The van der Waals surface area contributed by atoms with E-state index in [0.29, 0.717) is 12.0 Å². The Balaban J connectivity index is 1.85. The molecule has 4 heteroatoms. The van der Waals surface area contributed by atoms with Gasteiger partial charge >= 0.3 is 0 Å². The molecular weight excluding hydrogens is 206 g/mol. The summed E-state index contributed by atoms with van der Waals surface area (Å²) in [6, 6.07) is 1.34. The van der Waals surface area contributed by atoms with Crippen molar-refractivity contribution in [3.63, 3.8) is 0 Å². The summed E-state index contributed by atoms with van der Waals surface area (Å²) in [4.78, 5) is 7.11. The van der Waals surface area contributed by atoms with Gasteiger partial charge in [0.1, 0.15) is 0 Å². The van der Waals surface area contributed by atoms with Gasteiger partial charge in [-0.05, 0) is 38.3 Å². The topological polar surface area (TPSA) is 42.1 Å². The molecule has 1 aromatic rings. The minimum Gasteiger partial charge on any atom is -0.330 e. The second-order valence-corrected chi connectivity index (χ2v) is 5.33. The first-order chi connectivity index (χ1) is 7.40. The normalized spacial score (nSPS) is 32.3. The van der Waals surface area contributed by atoms with Crippen LogP contribution in [0.4, 0.5) is 0 Å². The maximum Gasteiger partial charge on any atom is 0.0795 e. The maximum atomic E-state index is 5.86. The summed E-state index contributed by atoms with van der Waals surface area (Å²) in [6.07, 6.45) is 3.99. The predicted molar refractivity (Wildman–Crippen MR) is 61.7 cm³/mol. The molecule has 2 atom stereocenters. The minimum atomic E-state index is 0.508. The number of likely N-dealkylation sites (tertiary alicyclic amines) is 1. The predicted octanol–water partition coefficient (Wildman–Crippen LogP) is 1.63. The molecule has 1 saturated heterocycles. The van der Waals surface area contributed by atoms with Crippen molar-refractivity contribution >= 4 is 11.3 Å². The molecule has 0 radical (unpaired) electrons. The molecule has 2 heterocycles. The number of nitrogens with zero attached hydrogens (tertiary/aromatic N) is 2. The van der Waals surface area contributed by atoms with E-state index in [2.05, 4.69) is 15.3 Å². The van der Waals surface area contributed by atoms with E-state index < -0.39 is 0 Å². The molecular formula is C11H17N3S. The largest absolute Gasteiger partial charge is 0.330 e. The van der Waals surface area contributed by atoms with Crippen LogP contribution in [-0.4, -0.2) is 29.0 Å². The highest BCUT2D eigenvalue weighted by Crippen LogP contribution is 2.43. The van der Waals surface area contributed by atoms with Gasteiger partial charge in [-0.2, -0.15) is 0 Å². The van der Waals surface area contributed by atoms with Gasteiger partial charge in [0.2, 0.25) is 0 Å². The Morgan fingerprint density at radius 3 is 2.93 bits per heavy atom. The number of nitrogens with two attached hydrogens (primary N) is 1. The number of aromatic nitrogens is 1. The van der Waals surface area contributed by atoms with Gasteiger partial charge in [0.15, 0.2) is 0 Å². The lowest BCUT2D eigenvalue weighted by Gasteiger charge is -2.26. The highest BCUT2D eigenvalue weighted by molar-refractivity contribution is 7.07. The second-order valence-electron chi connectivity index (χ2n) is 4.61. The van der Waals surface area contributed by atoms with Gasteiger partial charge in [-0.1, -0.05) is 0 Å². The molecule has 3 rings (SSSR count). The first-order valence-corrected chi connectivity index (χ1v) is 6.68. The fourth-order valence-corrected chi connectivity index (χ4v) is 3.31. The van der Waals surface area contributed by atoms with Crippen molar-refractivity contribution in [2.75, 3.05) is 13.1 Å². The quantitative estimate of drug-likeness (QED) is 0.847. The Labute approximate surface area is 94.3 Å². The molecule has 82 valence electrons. The first-order valence-electron chi connectivity index (χ1n) is 5.74. The van der Waals surface area contributed by atoms with Crippen LogP contribution in [0.25, 0.3) is 0 Å². The zero-order chi connectivity index (χ0) is 10.3. The smallest absolute Gasteiger partial charge is 0.0795 e. The standard InChI is InChI=1S/C11H17N3S/c12-5-8-3-4-14(9-1-2-9)11(8)10-6-15-7-13-10/h6-9,11H,1-5,12H2. The highest BCUT2D eigenvalue weighted by atomic mass is 32.1. The zero-order valence-corrected chi connectivity index (χ0v) is 9.62. The molecule has 0 bridgehead atoms. The van der Waals surface area contributed by atoms with Crippen LogP contribution in [0, 0.1) is 5.92 Å². The summed E-state index contributed by atoms with van der Waals surface area (Å²) in [7, 11) is 0. The summed E-state index contributed by atoms with van der Waals surface area (Å²) in [5.74, 6) is 0.618. The molecule has 2 unspecified atom stereocenters. The third kappa shape index (κ3) is 1.71. The van der Waals surface area contributed by atoms with E-state index in [1.807, 2.05) is 5.51 Å². The summed E-state index contributed by atoms with van der Waals surface area (Å²) >= 11 is 1.69. The average Bonchev–Trinajstić information content (AvgIpc) is 2.83. The van der Waals surface area contributed by atoms with Crippen molar-refractivity contribution in [3.05, 3.63) is 16.6 Å². The third-order valence-corrected chi connectivity index (χ3v) is 4.24. The Hall–Kier alpha value is -0.450. The van der Waals surface area contributed by atoms with Crippen LogP contribution in [0.5, 0.6) is 0 Å². The van der Waals surface area contributed by atoms with Crippen molar-refractivity contribution in [1.29, 1.82) is 0 Å². The molecule has 0 aromatic carbocycles. The van der Waals surface area contributed by atoms with Gasteiger partial charge in [0, 0.05) is 11.4 Å². The van der Waals surface area contributed by atoms with E-state index in [0.717, 1.165) is 12.6 Å². The van der Waals surface area contributed by atoms with Crippen LogP contribution in [-0.2, 0) is 0 Å². The van der Waals surface area contributed by atoms with Crippen molar-refractivity contribution in [1.82, 2.24) is 9.88 Å². The fourth-order valence-electron chi connectivity index (χ4n) is 2.72. The Bertz CT molecular complexity index is 321. The van der Waals surface area contributed by atoms with Gasteiger partial charge in [-0.25, -0.2) is 4.98 Å². The molecule has 1 aromatic heterocycles. The van der Waals surface area contributed by atoms with Crippen molar-refractivity contribution in [2.45, 2.75) is 31.3 Å². The summed E-state index contributed by atoms with van der Waals surface area (Å²) in [6.45, 7) is 2.01. The third-order valence-electron chi connectivity index (χ3n) is 3.64. The van der Waals surface area contributed by atoms with Crippen molar-refractivity contribution in [3.8, 4) is 0 Å². The molecule has 2 fully saturated rings. The van der Waals surface area contributed by atoms with Gasteiger partial charge in [0.05, 0.1) is 17.2 Å². The molecule has 2 aliphatic rings. The molecule has 0 spiro atoms. The Morgan fingerprint density at radius 2 is 2.33 bits per heavy atom. The van der Waals surface area contributed by atoms with E-state index in [-0.39, 0.29) is 0 Å². The fraction of sp³-hybridized carbons (Fsp3) is 0.727. The maximum absolute atomic E-state index is 5.86. The number of hydrogen-bond acceptors (Lipinski definition) is 4. The summed E-state index contributed by atoms with van der Waals surface area (Å²) in [5, 5.41) is 2.19. The monoisotopic (exact) mass is 223 g/mol. The van der Waals surface area contributed by atoms with Crippen LogP contribution in [0.15, 0.2) is 10.9 Å². The lowest BCUT2D eigenvalue weighted by atomic mass is 9.98. The molecule has 3 nitrogen and oxygen atoms in total. The van der Waals surface area contributed by atoms with E-state index in [1.165, 1.54) is 31.5 Å². The summed E-state index contributed by atoms with van der Waals surface area (Å²) in [5.41, 5.74) is 9.05. The van der Waals surface area contributed by atoms with Crippen molar-refractivity contribution in [2.24, 2.45) is 11.7 Å².